The SMILES string of the molecule is CC(C)NCC(N)c1ccc(Cl)c(Cl)c1. The first kappa shape index (κ1) is 12.8. The van der Waals surface area contributed by atoms with Crippen LogP contribution in [-0.4, -0.2) is 12.6 Å². The third-order valence-electron chi connectivity index (χ3n) is 2.12. The predicted octanol–water partition coefficient (Wildman–Crippen LogP) is 2.99. The maximum absolute atomic E-state index is 6.00. The van der Waals surface area contributed by atoms with Crippen LogP contribution in [0.25, 0.3) is 0 Å². The summed E-state index contributed by atoms with van der Waals surface area (Å²) in [6, 6.07) is 5.87. The van der Waals surface area contributed by atoms with Gasteiger partial charge in [0.15, 0.2) is 0 Å². The molecule has 0 fully saturated rings. The molecular formula is C11H16Cl2N2. The van der Waals surface area contributed by atoms with Crippen molar-refractivity contribution in [2.75, 3.05) is 6.54 Å². The molecule has 0 aliphatic rings. The zero-order chi connectivity index (χ0) is 11.4. The van der Waals surface area contributed by atoms with Gasteiger partial charge in [-0.1, -0.05) is 43.1 Å². The van der Waals surface area contributed by atoms with E-state index < -0.39 is 0 Å². The zero-order valence-corrected chi connectivity index (χ0v) is 10.4. The van der Waals surface area contributed by atoms with Crippen molar-refractivity contribution in [1.29, 1.82) is 0 Å². The smallest absolute Gasteiger partial charge is 0.0595 e. The average Bonchev–Trinajstić information content (AvgIpc) is 2.18. The number of nitrogens with two attached hydrogens (primary N) is 1. The van der Waals surface area contributed by atoms with Crippen molar-refractivity contribution in [2.24, 2.45) is 5.73 Å². The second kappa shape index (κ2) is 5.71. The van der Waals surface area contributed by atoms with Gasteiger partial charge in [-0.25, -0.2) is 0 Å². The summed E-state index contributed by atoms with van der Waals surface area (Å²) in [5.74, 6) is 0. The molecule has 0 heterocycles. The predicted molar refractivity (Wildman–Crippen MR) is 66.5 cm³/mol. The van der Waals surface area contributed by atoms with Crippen LogP contribution in [0.4, 0.5) is 0 Å². The van der Waals surface area contributed by atoms with Gasteiger partial charge in [-0.05, 0) is 17.7 Å². The minimum atomic E-state index is -0.0535. The fourth-order valence-corrected chi connectivity index (χ4v) is 1.53. The Bertz CT molecular complexity index is 326. The molecule has 3 N–H and O–H groups in total. The number of rotatable bonds is 4. The van der Waals surface area contributed by atoms with Crippen molar-refractivity contribution >= 4 is 23.2 Å². The van der Waals surface area contributed by atoms with E-state index >= 15 is 0 Å². The number of nitrogens with one attached hydrogen (secondary N) is 1. The lowest BCUT2D eigenvalue weighted by molar-refractivity contribution is 0.538. The maximum atomic E-state index is 6.00. The van der Waals surface area contributed by atoms with Crippen LogP contribution < -0.4 is 11.1 Å². The highest BCUT2D eigenvalue weighted by molar-refractivity contribution is 6.42. The van der Waals surface area contributed by atoms with Crippen molar-refractivity contribution in [3.05, 3.63) is 33.8 Å². The Balaban J connectivity index is 2.65. The van der Waals surface area contributed by atoms with Gasteiger partial charge in [0.05, 0.1) is 10.0 Å². The van der Waals surface area contributed by atoms with Gasteiger partial charge in [0.1, 0.15) is 0 Å². The van der Waals surface area contributed by atoms with E-state index in [0.29, 0.717) is 16.1 Å². The standard InChI is InChI=1S/C11H16Cl2N2/c1-7(2)15-6-11(14)8-3-4-9(12)10(13)5-8/h3-5,7,11,15H,6,14H2,1-2H3. The van der Waals surface area contributed by atoms with Crippen LogP contribution in [0.15, 0.2) is 18.2 Å². The van der Waals surface area contributed by atoms with Crippen molar-refractivity contribution < 1.29 is 0 Å². The lowest BCUT2D eigenvalue weighted by Crippen LogP contribution is -2.31. The molecule has 84 valence electrons. The summed E-state index contributed by atoms with van der Waals surface area (Å²) in [7, 11) is 0. The van der Waals surface area contributed by atoms with E-state index in [1.807, 2.05) is 12.1 Å². The normalized spacial score (nSPS) is 13.2. The third kappa shape index (κ3) is 3.99. The topological polar surface area (TPSA) is 38.0 Å². The number of halogens is 2. The highest BCUT2D eigenvalue weighted by Gasteiger charge is 2.08. The molecule has 4 heteroatoms. The van der Waals surface area contributed by atoms with Gasteiger partial charge < -0.3 is 11.1 Å². The van der Waals surface area contributed by atoms with Crippen molar-refractivity contribution in [2.45, 2.75) is 25.9 Å². The molecule has 1 rings (SSSR count). The molecule has 0 saturated carbocycles. The molecule has 1 aromatic carbocycles. The summed E-state index contributed by atoms with van der Waals surface area (Å²) in [5.41, 5.74) is 7.00. The molecular weight excluding hydrogens is 231 g/mol. The molecule has 0 aliphatic carbocycles. The Morgan fingerprint density at radius 2 is 1.93 bits per heavy atom. The highest BCUT2D eigenvalue weighted by atomic mass is 35.5. The monoisotopic (exact) mass is 246 g/mol. The Labute approximate surface area is 101 Å². The third-order valence-corrected chi connectivity index (χ3v) is 2.86. The van der Waals surface area contributed by atoms with E-state index in [1.165, 1.54) is 0 Å². The van der Waals surface area contributed by atoms with Gasteiger partial charge in [-0.15, -0.1) is 0 Å². The molecule has 15 heavy (non-hydrogen) atoms. The molecule has 0 saturated heterocycles. The van der Waals surface area contributed by atoms with E-state index in [-0.39, 0.29) is 6.04 Å². The molecule has 2 nitrogen and oxygen atoms in total. The van der Waals surface area contributed by atoms with Crippen molar-refractivity contribution in [3.63, 3.8) is 0 Å². The summed E-state index contributed by atoms with van der Waals surface area (Å²) in [5, 5.41) is 4.39. The van der Waals surface area contributed by atoms with Crippen LogP contribution in [0.5, 0.6) is 0 Å². The second-order valence-electron chi connectivity index (χ2n) is 3.84. The Hall–Kier alpha value is -0.280. The fraction of sp³-hybridized carbons (Fsp3) is 0.455. The number of hydrogen-bond donors (Lipinski definition) is 2. The van der Waals surface area contributed by atoms with Crippen LogP contribution in [0.3, 0.4) is 0 Å². The van der Waals surface area contributed by atoms with Gasteiger partial charge in [-0.2, -0.15) is 0 Å². The minimum absolute atomic E-state index is 0.0535. The van der Waals surface area contributed by atoms with Crippen LogP contribution in [0.1, 0.15) is 25.5 Å². The lowest BCUT2D eigenvalue weighted by Gasteiger charge is -2.15. The minimum Gasteiger partial charge on any atom is -0.323 e. The molecule has 1 atom stereocenters. The first-order valence-electron chi connectivity index (χ1n) is 4.94. The molecule has 0 amide bonds. The van der Waals surface area contributed by atoms with E-state index in [2.05, 4.69) is 19.2 Å². The highest BCUT2D eigenvalue weighted by Crippen LogP contribution is 2.24. The summed E-state index contributed by atoms with van der Waals surface area (Å²) in [6.07, 6.45) is 0. The molecule has 0 aromatic heterocycles. The molecule has 0 bridgehead atoms. The summed E-state index contributed by atoms with van der Waals surface area (Å²) in [4.78, 5) is 0. The van der Waals surface area contributed by atoms with E-state index in [9.17, 15) is 0 Å². The van der Waals surface area contributed by atoms with E-state index in [0.717, 1.165) is 12.1 Å². The van der Waals surface area contributed by atoms with Crippen LogP contribution in [-0.2, 0) is 0 Å². The van der Waals surface area contributed by atoms with Gasteiger partial charge >= 0.3 is 0 Å². The quantitative estimate of drug-likeness (QED) is 0.858. The first-order chi connectivity index (χ1) is 7.00. The van der Waals surface area contributed by atoms with Crippen LogP contribution >= 0.6 is 23.2 Å². The molecule has 1 aromatic rings. The lowest BCUT2D eigenvalue weighted by atomic mass is 10.1. The van der Waals surface area contributed by atoms with Gasteiger partial charge in [0.25, 0.3) is 0 Å². The average molecular weight is 247 g/mol. The van der Waals surface area contributed by atoms with Gasteiger partial charge in [-0.3, -0.25) is 0 Å². The summed E-state index contributed by atoms with van der Waals surface area (Å²) in [6.45, 7) is 4.90. The Morgan fingerprint density at radius 1 is 1.27 bits per heavy atom. The first-order valence-corrected chi connectivity index (χ1v) is 5.70. The summed E-state index contributed by atoms with van der Waals surface area (Å²) >= 11 is 11.7. The molecule has 1 unspecified atom stereocenters. The molecule has 0 spiro atoms. The molecule has 0 radical (unpaired) electrons. The largest absolute Gasteiger partial charge is 0.323 e. The van der Waals surface area contributed by atoms with Crippen LogP contribution in [0, 0.1) is 0 Å². The second-order valence-corrected chi connectivity index (χ2v) is 4.66. The summed E-state index contributed by atoms with van der Waals surface area (Å²) < 4.78 is 0. The van der Waals surface area contributed by atoms with Gasteiger partial charge in [0.2, 0.25) is 0 Å². The van der Waals surface area contributed by atoms with Crippen molar-refractivity contribution in [3.8, 4) is 0 Å². The fourth-order valence-electron chi connectivity index (χ4n) is 1.22. The van der Waals surface area contributed by atoms with Gasteiger partial charge in [0, 0.05) is 18.6 Å². The maximum Gasteiger partial charge on any atom is 0.0595 e. The van der Waals surface area contributed by atoms with E-state index in [1.54, 1.807) is 6.07 Å². The Kier molecular flexibility index (Phi) is 4.87. The number of hydrogen-bond acceptors (Lipinski definition) is 2. The molecule has 0 aliphatic heterocycles. The number of benzene rings is 1. The van der Waals surface area contributed by atoms with Crippen LogP contribution in [0.2, 0.25) is 10.0 Å². The van der Waals surface area contributed by atoms with E-state index in [4.69, 9.17) is 28.9 Å². The Morgan fingerprint density at radius 3 is 2.47 bits per heavy atom. The van der Waals surface area contributed by atoms with Crippen molar-refractivity contribution in [1.82, 2.24) is 5.32 Å². The zero-order valence-electron chi connectivity index (χ0n) is 8.93.